The normalized spacial score (nSPS) is 12.0. The Morgan fingerprint density at radius 3 is 2.67 bits per heavy atom. The monoisotopic (exact) mass is 301 g/mol. The Kier molecular flexibility index (Phi) is 3.41. The van der Waals surface area contributed by atoms with Crippen LogP contribution in [0.25, 0.3) is 5.65 Å². The molecule has 3 aromatic rings. The Balaban J connectivity index is 1.96. The molecule has 0 aliphatic heterocycles. The van der Waals surface area contributed by atoms with Crippen molar-refractivity contribution in [3.05, 3.63) is 40.3 Å². The summed E-state index contributed by atoms with van der Waals surface area (Å²) >= 11 is 1.71. The van der Waals surface area contributed by atoms with Gasteiger partial charge in [-0.25, -0.2) is 0 Å². The van der Waals surface area contributed by atoms with E-state index in [0.717, 1.165) is 23.8 Å². The fraction of sp³-hybridized carbons (Fsp3) is 0.400. The molecule has 21 heavy (non-hydrogen) atoms. The lowest BCUT2D eigenvalue weighted by atomic mass is 9.96. The molecule has 0 aliphatic carbocycles. The molecule has 0 N–H and O–H groups in total. The summed E-state index contributed by atoms with van der Waals surface area (Å²) in [4.78, 5) is 2.13. The molecular formula is C15H19N5S. The van der Waals surface area contributed by atoms with Gasteiger partial charge in [-0.3, -0.25) is 0 Å². The van der Waals surface area contributed by atoms with E-state index in [-0.39, 0.29) is 5.41 Å². The summed E-state index contributed by atoms with van der Waals surface area (Å²) in [5, 5.41) is 17.4. The summed E-state index contributed by atoms with van der Waals surface area (Å²) in [6.07, 6.45) is 0. The van der Waals surface area contributed by atoms with Crippen LogP contribution in [0, 0.1) is 0 Å². The number of hydrogen-bond acceptors (Lipinski definition) is 5. The van der Waals surface area contributed by atoms with Gasteiger partial charge in [0.2, 0.25) is 0 Å². The number of aromatic nitrogens is 4. The molecule has 0 atom stereocenters. The third-order valence-electron chi connectivity index (χ3n) is 3.31. The zero-order valence-corrected chi connectivity index (χ0v) is 13.6. The lowest BCUT2D eigenvalue weighted by molar-refractivity contribution is 0.526. The predicted octanol–water partition coefficient (Wildman–Crippen LogP) is 3.12. The molecular weight excluding hydrogens is 282 g/mol. The first kappa shape index (κ1) is 14.0. The SMILES string of the molecule is CN(Cc1ccsc1)c1ccc2nnc(C(C)(C)C)n2n1. The molecule has 5 nitrogen and oxygen atoms in total. The zero-order valence-electron chi connectivity index (χ0n) is 12.7. The first-order valence-electron chi connectivity index (χ1n) is 6.90. The maximum absolute atomic E-state index is 4.70. The second kappa shape index (κ2) is 5.11. The van der Waals surface area contributed by atoms with E-state index in [0.29, 0.717) is 0 Å². The van der Waals surface area contributed by atoms with E-state index in [9.17, 15) is 0 Å². The average Bonchev–Trinajstić information content (AvgIpc) is 3.05. The summed E-state index contributed by atoms with van der Waals surface area (Å²) in [5.74, 6) is 1.79. The van der Waals surface area contributed by atoms with Crippen LogP contribution in [0.15, 0.2) is 29.0 Å². The lowest BCUT2D eigenvalue weighted by Gasteiger charge is -2.19. The van der Waals surface area contributed by atoms with Crippen molar-refractivity contribution in [1.82, 2.24) is 19.8 Å². The van der Waals surface area contributed by atoms with Gasteiger partial charge in [-0.1, -0.05) is 20.8 Å². The second-order valence-corrected chi connectivity index (χ2v) is 7.00. The Morgan fingerprint density at radius 2 is 2.00 bits per heavy atom. The van der Waals surface area contributed by atoms with Crippen molar-refractivity contribution in [3.63, 3.8) is 0 Å². The van der Waals surface area contributed by atoms with E-state index in [1.807, 2.05) is 23.7 Å². The topological polar surface area (TPSA) is 46.3 Å². The highest BCUT2D eigenvalue weighted by atomic mass is 32.1. The third-order valence-corrected chi connectivity index (χ3v) is 4.04. The molecule has 0 saturated carbocycles. The van der Waals surface area contributed by atoms with Crippen molar-refractivity contribution >= 4 is 22.8 Å². The molecule has 0 aromatic carbocycles. The van der Waals surface area contributed by atoms with Crippen LogP contribution in [-0.2, 0) is 12.0 Å². The van der Waals surface area contributed by atoms with Gasteiger partial charge in [0.05, 0.1) is 0 Å². The van der Waals surface area contributed by atoms with Crippen LogP contribution in [0.2, 0.25) is 0 Å². The standard InChI is InChI=1S/C15H19N5S/c1-15(2,3)14-17-16-12-5-6-13(18-20(12)14)19(4)9-11-7-8-21-10-11/h5-8,10H,9H2,1-4H3. The molecule has 3 heterocycles. The van der Waals surface area contributed by atoms with Crippen molar-refractivity contribution in [2.75, 3.05) is 11.9 Å². The quantitative estimate of drug-likeness (QED) is 0.745. The Morgan fingerprint density at radius 1 is 1.19 bits per heavy atom. The van der Waals surface area contributed by atoms with Crippen molar-refractivity contribution in [3.8, 4) is 0 Å². The molecule has 0 aliphatic rings. The molecule has 0 amide bonds. The highest BCUT2D eigenvalue weighted by molar-refractivity contribution is 7.07. The van der Waals surface area contributed by atoms with Crippen LogP contribution in [0.4, 0.5) is 5.82 Å². The number of fused-ring (bicyclic) bond motifs is 1. The van der Waals surface area contributed by atoms with Gasteiger partial charge in [0.25, 0.3) is 0 Å². The molecule has 110 valence electrons. The highest BCUT2D eigenvalue weighted by Gasteiger charge is 2.22. The molecule has 0 fully saturated rings. The van der Waals surface area contributed by atoms with Crippen LogP contribution >= 0.6 is 11.3 Å². The first-order valence-corrected chi connectivity index (χ1v) is 7.84. The minimum atomic E-state index is -0.0863. The Labute approximate surface area is 128 Å². The van der Waals surface area contributed by atoms with Crippen LogP contribution < -0.4 is 4.90 Å². The molecule has 6 heteroatoms. The molecule has 3 aromatic heterocycles. The van der Waals surface area contributed by atoms with Gasteiger partial charge < -0.3 is 4.90 Å². The van der Waals surface area contributed by atoms with Gasteiger partial charge in [0.1, 0.15) is 5.82 Å². The number of nitrogens with zero attached hydrogens (tertiary/aromatic N) is 5. The van der Waals surface area contributed by atoms with Gasteiger partial charge in [-0.05, 0) is 34.5 Å². The molecule has 0 unspecified atom stereocenters. The van der Waals surface area contributed by atoms with Crippen molar-refractivity contribution in [2.45, 2.75) is 32.7 Å². The van der Waals surface area contributed by atoms with Crippen molar-refractivity contribution in [2.24, 2.45) is 0 Å². The van der Waals surface area contributed by atoms with Crippen molar-refractivity contribution < 1.29 is 0 Å². The minimum Gasteiger partial charge on any atom is -0.354 e. The summed E-state index contributed by atoms with van der Waals surface area (Å²) in [7, 11) is 2.05. The van der Waals surface area contributed by atoms with Crippen LogP contribution in [0.3, 0.4) is 0 Å². The van der Waals surface area contributed by atoms with Crippen LogP contribution in [0.5, 0.6) is 0 Å². The zero-order chi connectivity index (χ0) is 15.0. The van der Waals surface area contributed by atoms with E-state index in [2.05, 4.69) is 52.7 Å². The Bertz CT molecular complexity index is 739. The van der Waals surface area contributed by atoms with Gasteiger partial charge in [0, 0.05) is 19.0 Å². The van der Waals surface area contributed by atoms with E-state index < -0.39 is 0 Å². The molecule has 0 radical (unpaired) electrons. The van der Waals surface area contributed by atoms with E-state index in [1.54, 1.807) is 11.3 Å². The summed E-state index contributed by atoms with van der Waals surface area (Å²) in [6.45, 7) is 7.20. The second-order valence-electron chi connectivity index (χ2n) is 6.22. The lowest BCUT2D eigenvalue weighted by Crippen LogP contribution is -2.21. The van der Waals surface area contributed by atoms with Gasteiger partial charge in [-0.2, -0.15) is 15.9 Å². The molecule has 0 spiro atoms. The van der Waals surface area contributed by atoms with E-state index in [1.165, 1.54) is 5.56 Å². The maximum atomic E-state index is 4.70. The molecule has 0 bridgehead atoms. The number of hydrogen-bond donors (Lipinski definition) is 0. The maximum Gasteiger partial charge on any atom is 0.178 e. The fourth-order valence-corrected chi connectivity index (χ4v) is 2.85. The fourth-order valence-electron chi connectivity index (χ4n) is 2.19. The van der Waals surface area contributed by atoms with Gasteiger partial charge >= 0.3 is 0 Å². The van der Waals surface area contributed by atoms with Gasteiger partial charge in [0.15, 0.2) is 11.5 Å². The number of thiophene rings is 1. The molecule has 3 rings (SSSR count). The summed E-state index contributed by atoms with van der Waals surface area (Å²) in [5.41, 5.74) is 1.99. The largest absolute Gasteiger partial charge is 0.354 e. The number of rotatable bonds is 3. The smallest absolute Gasteiger partial charge is 0.178 e. The van der Waals surface area contributed by atoms with E-state index >= 15 is 0 Å². The molecule has 0 saturated heterocycles. The Hall–Kier alpha value is -1.95. The van der Waals surface area contributed by atoms with E-state index in [4.69, 9.17) is 5.10 Å². The highest BCUT2D eigenvalue weighted by Crippen LogP contribution is 2.22. The van der Waals surface area contributed by atoms with Gasteiger partial charge in [-0.15, -0.1) is 15.3 Å². The van der Waals surface area contributed by atoms with Crippen molar-refractivity contribution in [1.29, 1.82) is 0 Å². The summed E-state index contributed by atoms with van der Waals surface area (Å²) < 4.78 is 1.85. The first-order chi connectivity index (χ1) is 9.95. The minimum absolute atomic E-state index is 0.0863. The predicted molar refractivity (Wildman–Crippen MR) is 85.9 cm³/mol. The number of anilines is 1. The third kappa shape index (κ3) is 2.76. The van der Waals surface area contributed by atoms with Crippen LogP contribution in [0.1, 0.15) is 32.2 Å². The average molecular weight is 301 g/mol. The van der Waals surface area contributed by atoms with Crippen LogP contribution in [-0.4, -0.2) is 26.9 Å². The summed E-state index contributed by atoms with van der Waals surface area (Å²) in [6, 6.07) is 6.09.